The van der Waals surface area contributed by atoms with Crippen LogP contribution in [0.3, 0.4) is 0 Å². The second kappa shape index (κ2) is 11.0. The number of amides is 2. The monoisotopic (exact) mass is 500 g/mol. The summed E-state index contributed by atoms with van der Waals surface area (Å²) in [6, 6.07) is 14.2. The van der Waals surface area contributed by atoms with Crippen molar-refractivity contribution in [3.8, 4) is 6.07 Å². The molecule has 0 atom stereocenters. The maximum absolute atomic E-state index is 13.4. The molecule has 2 N–H and O–H groups in total. The molecule has 2 aliphatic rings. The number of halogens is 2. The molecule has 1 aliphatic heterocycles. The molecule has 0 unspecified atom stereocenters. The van der Waals surface area contributed by atoms with E-state index >= 15 is 0 Å². The minimum absolute atomic E-state index is 0.0108. The molecule has 0 bridgehead atoms. The quantitative estimate of drug-likeness (QED) is 0.538. The first-order chi connectivity index (χ1) is 16.4. The summed E-state index contributed by atoms with van der Waals surface area (Å²) in [6.07, 6.45) is 4.82. The molecule has 1 heterocycles. The van der Waals surface area contributed by atoms with Crippen LogP contribution in [0.1, 0.15) is 49.7 Å². The van der Waals surface area contributed by atoms with Gasteiger partial charge in [-0.2, -0.15) is 5.26 Å². The molecule has 2 aromatic rings. The van der Waals surface area contributed by atoms with Crippen LogP contribution in [0.2, 0.25) is 10.0 Å². The number of benzene rings is 2. The van der Waals surface area contributed by atoms with E-state index in [2.05, 4.69) is 16.3 Å². The summed E-state index contributed by atoms with van der Waals surface area (Å²) in [4.78, 5) is 17.7. The lowest BCUT2D eigenvalue weighted by atomic mass is 9.77. The predicted molar refractivity (Wildman–Crippen MR) is 135 cm³/mol. The van der Waals surface area contributed by atoms with E-state index in [4.69, 9.17) is 23.2 Å². The average molecular weight is 501 g/mol. The molecule has 6 nitrogen and oxygen atoms in total. The summed E-state index contributed by atoms with van der Waals surface area (Å²) in [6.45, 7) is 3.58. The van der Waals surface area contributed by atoms with Gasteiger partial charge < -0.3 is 20.2 Å². The van der Waals surface area contributed by atoms with Gasteiger partial charge in [-0.15, -0.1) is 0 Å². The first-order valence-electron chi connectivity index (χ1n) is 11.9. The van der Waals surface area contributed by atoms with Gasteiger partial charge >= 0.3 is 6.03 Å². The fourth-order valence-electron chi connectivity index (χ4n) is 5.09. The van der Waals surface area contributed by atoms with Crippen molar-refractivity contribution in [1.29, 1.82) is 5.26 Å². The lowest BCUT2D eigenvalue weighted by Crippen LogP contribution is -2.49. The molecular formula is C26H30Cl2N4O2. The van der Waals surface area contributed by atoms with E-state index in [1.54, 1.807) is 30.3 Å². The van der Waals surface area contributed by atoms with Crippen LogP contribution >= 0.6 is 23.2 Å². The SMILES string of the molecule is N#Cc1cccc(C2(O)CCC(N(CCN3CCCC3)C(=O)Nc3cc(Cl)cc(Cl)c3)CC2)c1. The van der Waals surface area contributed by atoms with Crippen LogP contribution in [0, 0.1) is 11.3 Å². The number of carbonyl (C=O) groups excluding carboxylic acids is 1. The number of rotatable bonds is 6. The van der Waals surface area contributed by atoms with Gasteiger partial charge in [0, 0.05) is 34.9 Å². The predicted octanol–water partition coefficient (Wildman–Crippen LogP) is 5.63. The van der Waals surface area contributed by atoms with Crippen molar-refractivity contribution >= 4 is 34.9 Å². The maximum Gasteiger partial charge on any atom is 0.322 e. The van der Waals surface area contributed by atoms with Gasteiger partial charge in [0.15, 0.2) is 0 Å². The smallest absolute Gasteiger partial charge is 0.322 e. The molecular weight excluding hydrogens is 471 g/mol. The average Bonchev–Trinajstić information content (AvgIpc) is 3.33. The van der Waals surface area contributed by atoms with Crippen LogP contribution in [0.25, 0.3) is 0 Å². The molecule has 34 heavy (non-hydrogen) atoms. The zero-order valence-corrected chi connectivity index (χ0v) is 20.7. The Morgan fingerprint density at radius 1 is 1.15 bits per heavy atom. The number of urea groups is 1. The molecule has 1 aliphatic carbocycles. The van der Waals surface area contributed by atoms with Crippen LogP contribution in [-0.2, 0) is 5.60 Å². The Kier molecular flexibility index (Phi) is 8.00. The van der Waals surface area contributed by atoms with E-state index < -0.39 is 5.60 Å². The highest BCUT2D eigenvalue weighted by Crippen LogP contribution is 2.39. The van der Waals surface area contributed by atoms with Gasteiger partial charge in [0.1, 0.15) is 0 Å². The second-order valence-corrected chi connectivity index (χ2v) is 10.2. The van der Waals surface area contributed by atoms with E-state index in [0.29, 0.717) is 53.5 Å². The molecule has 1 saturated heterocycles. The third-order valence-electron chi connectivity index (χ3n) is 6.98. The highest BCUT2D eigenvalue weighted by molar-refractivity contribution is 6.35. The molecule has 0 spiro atoms. The third-order valence-corrected chi connectivity index (χ3v) is 7.42. The number of nitrogens with zero attached hydrogens (tertiary/aromatic N) is 3. The number of nitriles is 1. The minimum Gasteiger partial charge on any atom is -0.385 e. The number of nitrogens with one attached hydrogen (secondary N) is 1. The maximum atomic E-state index is 13.4. The van der Waals surface area contributed by atoms with Crippen molar-refractivity contribution in [1.82, 2.24) is 9.80 Å². The number of hydrogen-bond donors (Lipinski definition) is 2. The largest absolute Gasteiger partial charge is 0.385 e. The normalized spacial score (nSPS) is 22.8. The van der Waals surface area contributed by atoms with E-state index in [-0.39, 0.29) is 12.1 Å². The highest BCUT2D eigenvalue weighted by Gasteiger charge is 2.38. The summed E-state index contributed by atoms with van der Waals surface area (Å²) in [7, 11) is 0. The van der Waals surface area contributed by atoms with Crippen molar-refractivity contribution < 1.29 is 9.90 Å². The molecule has 1 saturated carbocycles. The van der Waals surface area contributed by atoms with Crippen LogP contribution in [0.5, 0.6) is 0 Å². The summed E-state index contributed by atoms with van der Waals surface area (Å²) >= 11 is 12.2. The van der Waals surface area contributed by atoms with Gasteiger partial charge in [0.25, 0.3) is 0 Å². The van der Waals surface area contributed by atoms with Gasteiger partial charge in [-0.05, 0) is 87.5 Å². The van der Waals surface area contributed by atoms with Crippen LogP contribution in [-0.4, -0.2) is 53.2 Å². The van der Waals surface area contributed by atoms with Crippen LogP contribution in [0.15, 0.2) is 42.5 Å². The molecule has 8 heteroatoms. The van der Waals surface area contributed by atoms with Crippen LogP contribution in [0.4, 0.5) is 10.5 Å². The molecule has 4 rings (SSSR count). The van der Waals surface area contributed by atoms with E-state index in [1.807, 2.05) is 17.0 Å². The Morgan fingerprint density at radius 2 is 1.82 bits per heavy atom. The second-order valence-electron chi connectivity index (χ2n) is 9.29. The first kappa shape index (κ1) is 24.8. The Hall–Kier alpha value is -2.30. The Labute approximate surface area is 211 Å². The van der Waals surface area contributed by atoms with Gasteiger partial charge in [0.05, 0.1) is 17.2 Å². The zero-order chi connectivity index (χ0) is 24.1. The lowest BCUT2D eigenvalue weighted by molar-refractivity contribution is -0.0198. The fraction of sp³-hybridized carbons (Fsp3) is 0.462. The van der Waals surface area contributed by atoms with Crippen molar-refractivity contribution in [2.75, 3.05) is 31.5 Å². The summed E-state index contributed by atoms with van der Waals surface area (Å²) in [5.41, 5.74) is 0.891. The third kappa shape index (κ3) is 6.03. The fourth-order valence-corrected chi connectivity index (χ4v) is 5.61. The molecule has 2 aromatic carbocycles. The Bertz CT molecular complexity index is 1040. The van der Waals surface area contributed by atoms with Gasteiger partial charge in [-0.3, -0.25) is 0 Å². The Morgan fingerprint density at radius 3 is 2.47 bits per heavy atom. The molecule has 2 amide bonds. The molecule has 0 aromatic heterocycles. The van der Waals surface area contributed by atoms with Crippen molar-refractivity contribution in [3.05, 3.63) is 63.6 Å². The standard InChI is InChI=1S/C26H30Cl2N4O2/c27-21-15-22(28)17-23(16-21)30-25(33)32(13-12-31-10-1-2-11-31)24-6-8-26(34,9-7-24)20-5-3-4-19(14-20)18-29/h3-5,14-17,24,34H,1-2,6-13H2,(H,30,33). The van der Waals surface area contributed by atoms with E-state index in [0.717, 1.165) is 25.2 Å². The van der Waals surface area contributed by atoms with E-state index in [1.165, 1.54) is 12.8 Å². The summed E-state index contributed by atoms with van der Waals surface area (Å²) in [5, 5.41) is 24.5. The zero-order valence-electron chi connectivity index (χ0n) is 19.1. The summed E-state index contributed by atoms with van der Waals surface area (Å²) < 4.78 is 0. The topological polar surface area (TPSA) is 79.6 Å². The number of anilines is 1. The van der Waals surface area contributed by atoms with E-state index in [9.17, 15) is 15.2 Å². The van der Waals surface area contributed by atoms with Crippen molar-refractivity contribution in [2.45, 2.75) is 50.2 Å². The molecule has 2 fully saturated rings. The first-order valence-corrected chi connectivity index (χ1v) is 12.6. The number of hydrogen-bond acceptors (Lipinski definition) is 4. The Balaban J connectivity index is 1.47. The lowest BCUT2D eigenvalue weighted by Gasteiger charge is -2.41. The molecule has 180 valence electrons. The van der Waals surface area contributed by atoms with Gasteiger partial charge in [-0.1, -0.05) is 35.3 Å². The van der Waals surface area contributed by atoms with Crippen LogP contribution < -0.4 is 5.32 Å². The van der Waals surface area contributed by atoms with Gasteiger partial charge in [-0.25, -0.2) is 4.79 Å². The van der Waals surface area contributed by atoms with Crippen molar-refractivity contribution in [2.24, 2.45) is 0 Å². The molecule has 0 radical (unpaired) electrons. The minimum atomic E-state index is -0.985. The number of likely N-dealkylation sites (tertiary alicyclic amines) is 1. The summed E-state index contributed by atoms with van der Waals surface area (Å²) in [5.74, 6) is 0. The number of carbonyl (C=O) groups is 1. The van der Waals surface area contributed by atoms with Gasteiger partial charge in [0.2, 0.25) is 0 Å². The van der Waals surface area contributed by atoms with Crippen molar-refractivity contribution in [3.63, 3.8) is 0 Å². The number of aliphatic hydroxyl groups is 1. The highest BCUT2D eigenvalue weighted by atomic mass is 35.5.